The third-order valence-corrected chi connectivity index (χ3v) is 9.99. The molecule has 0 saturated carbocycles. The molecule has 9 rings (SSSR count). The molecule has 0 aliphatic heterocycles. The molecule has 0 aliphatic carbocycles. The van der Waals surface area contributed by atoms with Gasteiger partial charge in [0.05, 0.1) is 0 Å². The summed E-state index contributed by atoms with van der Waals surface area (Å²) >= 11 is 1.86. The van der Waals surface area contributed by atoms with Gasteiger partial charge in [0.25, 0.3) is 0 Å². The van der Waals surface area contributed by atoms with Gasteiger partial charge in [-0.25, -0.2) is 0 Å². The number of fused-ring (bicyclic) bond motifs is 8. The van der Waals surface area contributed by atoms with Crippen molar-refractivity contribution in [2.45, 2.75) is 0 Å². The van der Waals surface area contributed by atoms with Gasteiger partial charge in [0.15, 0.2) is 0 Å². The molecule has 8 aromatic carbocycles. The Morgan fingerprint density at radius 1 is 0.318 bits per heavy atom. The van der Waals surface area contributed by atoms with E-state index >= 15 is 0 Å². The molecule has 2 heteroatoms. The highest BCUT2D eigenvalue weighted by molar-refractivity contribution is 7.25. The number of benzene rings is 8. The summed E-state index contributed by atoms with van der Waals surface area (Å²) in [5, 5.41) is 10.4. The van der Waals surface area contributed by atoms with Crippen LogP contribution in [0, 0.1) is 0 Å². The standard InChI is InChI=1S/C42H27NS/c1-2-9-32(10-3-1)43(34-22-25-42-40(27-34)38-12-6-7-13-41(38)44-42)33-20-16-28(17-21-33)31-15-14-30-19-23-36-35-11-5-4-8-29(35)18-24-37(36)39(30)26-31/h1-27H. The average molecular weight is 578 g/mol. The van der Waals surface area contributed by atoms with Crippen molar-refractivity contribution < 1.29 is 0 Å². The molecule has 0 saturated heterocycles. The Kier molecular flexibility index (Phi) is 5.75. The lowest BCUT2D eigenvalue weighted by atomic mass is 9.94. The van der Waals surface area contributed by atoms with Crippen LogP contribution < -0.4 is 4.90 Å². The first-order valence-corrected chi connectivity index (χ1v) is 15.8. The van der Waals surface area contributed by atoms with Gasteiger partial charge in [0.1, 0.15) is 0 Å². The number of hydrogen-bond donors (Lipinski definition) is 0. The van der Waals surface area contributed by atoms with Crippen LogP contribution in [0.3, 0.4) is 0 Å². The molecule has 1 heterocycles. The van der Waals surface area contributed by atoms with Gasteiger partial charge in [0.2, 0.25) is 0 Å². The predicted octanol–water partition coefficient (Wildman–Crippen LogP) is 12.7. The highest BCUT2D eigenvalue weighted by Gasteiger charge is 2.15. The molecule has 1 nitrogen and oxygen atoms in total. The second kappa shape index (κ2) is 10.1. The van der Waals surface area contributed by atoms with Gasteiger partial charge in [-0.05, 0) is 98.0 Å². The van der Waals surface area contributed by atoms with Crippen LogP contribution in [0.15, 0.2) is 164 Å². The lowest BCUT2D eigenvalue weighted by molar-refractivity contribution is 1.29. The van der Waals surface area contributed by atoms with Gasteiger partial charge >= 0.3 is 0 Å². The molecule has 0 atom stereocenters. The van der Waals surface area contributed by atoms with Gasteiger partial charge < -0.3 is 4.90 Å². The highest BCUT2D eigenvalue weighted by atomic mass is 32.1. The summed E-state index contributed by atoms with van der Waals surface area (Å²) in [6.45, 7) is 0. The summed E-state index contributed by atoms with van der Waals surface area (Å²) in [5.74, 6) is 0. The lowest BCUT2D eigenvalue weighted by Crippen LogP contribution is -2.09. The molecule has 0 radical (unpaired) electrons. The average Bonchev–Trinajstić information content (AvgIpc) is 3.47. The Balaban J connectivity index is 1.15. The van der Waals surface area contributed by atoms with E-state index in [-0.39, 0.29) is 0 Å². The van der Waals surface area contributed by atoms with Crippen LogP contribution in [-0.4, -0.2) is 0 Å². The molecule has 9 aromatic rings. The lowest BCUT2D eigenvalue weighted by Gasteiger charge is -2.26. The molecular formula is C42H27NS. The number of thiophene rings is 1. The van der Waals surface area contributed by atoms with E-state index in [1.54, 1.807) is 0 Å². The normalized spacial score (nSPS) is 11.6. The largest absolute Gasteiger partial charge is 0.310 e. The second-order valence-electron chi connectivity index (χ2n) is 11.4. The fraction of sp³-hybridized carbons (Fsp3) is 0. The maximum atomic E-state index is 2.36. The Bertz CT molecular complexity index is 2490. The van der Waals surface area contributed by atoms with Gasteiger partial charge in [0, 0.05) is 37.2 Å². The monoisotopic (exact) mass is 577 g/mol. The third kappa shape index (κ3) is 4.07. The van der Waals surface area contributed by atoms with Crippen LogP contribution in [0.1, 0.15) is 0 Å². The van der Waals surface area contributed by atoms with Crippen LogP contribution in [0.2, 0.25) is 0 Å². The minimum atomic E-state index is 1.14. The van der Waals surface area contributed by atoms with Crippen LogP contribution >= 0.6 is 11.3 Å². The highest BCUT2D eigenvalue weighted by Crippen LogP contribution is 2.41. The smallest absolute Gasteiger partial charge is 0.0468 e. The van der Waals surface area contributed by atoms with E-state index in [2.05, 4.69) is 169 Å². The zero-order valence-electron chi connectivity index (χ0n) is 23.9. The molecule has 1 aromatic heterocycles. The fourth-order valence-electron chi connectivity index (χ4n) is 6.68. The second-order valence-corrected chi connectivity index (χ2v) is 12.5. The zero-order chi connectivity index (χ0) is 29.0. The predicted molar refractivity (Wildman–Crippen MR) is 192 cm³/mol. The van der Waals surface area contributed by atoms with Crippen molar-refractivity contribution in [1.82, 2.24) is 0 Å². The number of nitrogens with zero attached hydrogens (tertiary/aromatic N) is 1. The van der Waals surface area contributed by atoms with Crippen molar-refractivity contribution in [3.63, 3.8) is 0 Å². The van der Waals surface area contributed by atoms with E-state index in [0.29, 0.717) is 0 Å². The SMILES string of the molecule is c1ccc(N(c2ccc(-c3ccc4ccc5c6ccccc6ccc5c4c3)cc2)c2ccc3sc4ccccc4c3c2)cc1. The summed E-state index contributed by atoms with van der Waals surface area (Å²) in [7, 11) is 0. The van der Waals surface area contributed by atoms with Gasteiger partial charge in [-0.1, -0.05) is 109 Å². The molecule has 206 valence electrons. The number of rotatable bonds is 4. The maximum absolute atomic E-state index is 2.36. The number of anilines is 3. The minimum absolute atomic E-state index is 1.14. The van der Waals surface area contributed by atoms with E-state index in [0.717, 1.165) is 17.1 Å². The maximum Gasteiger partial charge on any atom is 0.0468 e. The van der Waals surface area contributed by atoms with Crippen molar-refractivity contribution in [2.24, 2.45) is 0 Å². The number of hydrogen-bond acceptors (Lipinski definition) is 2. The Morgan fingerprint density at radius 2 is 0.909 bits per heavy atom. The molecular weight excluding hydrogens is 551 g/mol. The van der Waals surface area contributed by atoms with Crippen LogP contribution in [-0.2, 0) is 0 Å². The first-order chi connectivity index (χ1) is 21.8. The first kappa shape index (κ1) is 25.1. The molecule has 0 amide bonds. The quantitative estimate of drug-likeness (QED) is 0.188. The van der Waals surface area contributed by atoms with E-state index in [1.807, 2.05) is 11.3 Å². The summed E-state index contributed by atoms with van der Waals surface area (Å²) < 4.78 is 2.64. The Hall–Kier alpha value is -5.44. The summed E-state index contributed by atoms with van der Waals surface area (Å²) in [4.78, 5) is 2.36. The van der Waals surface area contributed by atoms with Crippen molar-refractivity contribution in [1.29, 1.82) is 0 Å². The molecule has 0 fully saturated rings. The van der Waals surface area contributed by atoms with Crippen LogP contribution in [0.4, 0.5) is 17.1 Å². The molecule has 0 aliphatic rings. The van der Waals surface area contributed by atoms with Gasteiger partial charge in [-0.3, -0.25) is 0 Å². The first-order valence-electron chi connectivity index (χ1n) is 15.0. The van der Waals surface area contributed by atoms with Crippen molar-refractivity contribution in [3.05, 3.63) is 164 Å². The van der Waals surface area contributed by atoms with Crippen molar-refractivity contribution >= 4 is 80.9 Å². The van der Waals surface area contributed by atoms with E-state index < -0.39 is 0 Å². The van der Waals surface area contributed by atoms with E-state index in [1.165, 1.54) is 63.6 Å². The Labute approximate surface area is 259 Å². The minimum Gasteiger partial charge on any atom is -0.310 e. The van der Waals surface area contributed by atoms with Crippen LogP contribution in [0.25, 0.3) is 63.6 Å². The summed E-state index contributed by atoms with van der Waals surface area (Å²) in [5.41, 5.74) is 5.87. The molecule has 0 spiro atoms. The topological polar surface area (TPSA) is 3.24 Å². The molecule has 0 bridgehead atoms. The van der Waals surface area contributed by atoms with E-state index in [4.69, 9.17) is 0 Å². The zero-order valence-corrected chi connectivity index (χ0v) is 24.8. The fourth-order valence-corrected chi connectivity index (χ4v) is 7.76. The number of para-hydroxylation sites is 1. The van der Waals surface area contributed by atoms with Crippen molar-refractivity contribution in [2.75, 3.05) is 4.90 Å². The van der Waals surface area contributed by atoms with Crippen LogP contribution in [0.5, 0.6) is 0 Å². The third-order valence-electron chi connectivity index (χ3n) is 8.84. The molecule has 0 unspecified atom stereocenters. The molecule has 44 heavy (non-hydrogen) atoms. The summed E-state index contributed by atoms with van der Waals surface area (Å²) in [6, 6.07) is 59.8. The van der Waals surface area contributed by atoms with E-state index in [9.17, 15) is 0 Å². The van der Waals surface area contributed by atoms with Gasteiger partial charge in [-0.2, -0.15) is 0 Å². The van der Waals surface area contributed by atoms with Gasteiger partial charge in [-0.15, -0.1) is 11.3 Å². The summed E-state index contributed by atoms with van der Waals surface area (Å²) in [6.07, 6.45) is 0. The van der Waals surface area contributed by atoms with Crippen molar-refractivity contribution in [3.8, 4) is 11.1 Å². The Morgan fingerprint density at radius 3 is 1.75 bits per heavy atom. The molecule has 0 N–H and O–H groups in total.